The van der Waals surface area contributed by atoms with Crippen LogP contribution in [0.25, 0.3) is 11.5 Å². The standard InChI is InChI=1S/C14H13ClN4O4S/c1-8-13(9(2)23-19-8)24(20,21)16-7-12-17-18-14(22-12)10-3-5-11(15)6-4-10/h3-6,16H,7H2,1-2H3. The second kappa shape index (κ2) is 6.34. The normalized spacial score (nSPS) is 11.8. The molecule has 0 spiro atoms. The van der Waals surface area contributed by atoms with E-state index >= 15 is 0 Å². The maximum atomic E-state index is 12.3. The highest BCUT2D eigenvalue weighted by atomic mass is 35.5. The van der Waals surface area contributed by atoms with Crippen LogP contribution in [0.15, 0.2) is 38.1 Å². The Morgan fingerprint density at radius 3 is 2.50 bits per heavy atom. The van der Waals surface area contributed by atoms with Gasteiger partial charge in [0.05, 0.1) is 6.54 Å². The summed E-state index contributed by atoms with van der Waals surface area (Å²) in [4.78, 5) is 0.0138. The van der Waals surface area contributed by atoms with Crippen molar-refractivity contribution in [2.24, 2.45) is 0 Å². The number of sulfonamides is 1. The molecular formula is C14H13ClN4O4S. The molecule has 3 aromatic rings. The van der Waals surface area contributed by atoms with Crippen molar-refractivity contribution < 1.29 is 17.4 Å². The lowest BCUT2D eigenvalue weighted by Gasteiger charge is -2.03. The van der Waals surface area contributed by atoms with Crippen LogP contribution in [-0.4, -0.2) is 23.8 Å². The number of hydrogen-bond acceptors (Lipinski definition) is 7. The van der Waals surface area contributed by atoms with Crippen LogP contribution in [0.2, 0.25) is 5.02 Å². The number of aromatic nitrogens is 3. The van der Waals surface area contributed by atoms with Crippen molar-refractivity contribution in [3.8, 4) is 11.5 Å². The SMILES string of the molecule is Cc1noc(C)c1S(=O)(=O)NCc1nnc(-c2ccc(Cl)cc2)o1. The molecule has 1 aromatic carbocycles. The van der Waals surface area contributed by atoms with Crippen LogP contribution in [0.4, 0.5) is 0 Å². The minimum absolute atomic E-state index is 0.0138. The van der Waals surface area contributed by atoms with E-state index in [2.05, 4.69) is 20.1 Å². The number of benzene rings is 1. The lowest BCUT2D eigenvalue weighted by atomic mass is 10.2. The molecule has 0 aliphatic carbocycles. The Balaban J connectivity index is 1.75. The molecular weight excluding hydrogens is 356 g/mol. The molecule has 24 heavy (non-hydrogen) atoms. The minimum Gasteiger partial charge on any atom is -0.419 e. The van der Waals surface area contributed by atoms with Crippen LogP contribution in [0.1, 0.15) is 17.3 Å². The molecule has 0 amide bonds. The average Bonchev–Trinajstić information content (AvgIpc) is 3.13. The summed E-state index contributed by atoms with van der Waals surface area (Å²) in [6, 6.07) is 6.85. The van der Waals surface area contributed by atoms with Gasteiger partial charge in [0.1, 0.15) is 10.6 Å². The Kier molecular flexibility index (Phi) is 4.39. The van der Waals surface area contributed by atoms with Gasteiger partial charge >= 0.3 is 0 Å². The lowest BCUT2D eigenvalue weighted by Crippen LogP contribution is -2.24. The third-order valence-corrected chi connectivity index (χ3v) is 5.10. The lowest BCUT2D eigenvalue weighted by molar-refractivity contribution is 0.390. The molecule has 0 atom stereocenters. The zero-order valence-corrected chi connectivity index (χ0v) is 14.3. The quantitative estimate of drug-likeness (QED) is 0.736. The molecule has 0 saturated carbocycles. The van der Waals surface area contributed by atoms with E-state index in [4.69, 9.17) is 20.5 Å². The van der Waals surface area contributed by atoms with Crippen LogP contribution >= 0.6 is 11.6 Å². The summed E-state index contributed by atoms with van der Waals surface area (Å²) in [6.07, 6.45) is 0. The zero-order valence-electron chi connectivity index (χ0n) is 12.8. The molecule has 0 fully saturated rings. The molecule has 0 unspecified atom stereocenters. The molecule has 0 saturated heterocycles. The van der Waals surface area contributed by atoms with Gasteiger partial charge in [0.15, 0.2) is 5.76 Å². The maximum Gasteiger partial charge on any atom is 0.247 e. The van der Waals surface area contributed by atoms with Crippen molar-refractivity contribution in [1.29, 1.82) is 0 Å². The Labute approximate surface area is 142 Å². The highest BCUT2D eigenvalue weighted by Crippen LogP contribution is 2.21. The summed E-state index contributed by atoms with van der Waals surface area (Å²) in [7, 11) is -3.79. The van der Waals surface area contributed by atoms with E-state index in [9.17, 15) is 8.42 Å². The van der Waals surface area contributed by atoms with Crippen molar-refractivity contribution in [3.05, 3.63) is 46.6 Å². The molecule has 0 radical (unpaired) electrons. The smallest absolute Gasteiger partial charge is 0.247 e. The Morgan fingerprint density at radius 2 is 1.88 bits per heavy atom. The van der Waals surface area contributed by atoms with Crippen LogP contribution in [0.3, 0.4) is 0 Å². The fourth-order valence-electron chi connectivity index (χ4n) is 2.12. The molecule has 0 aliphatic rings. The number of hydrogen-bond donors (Lipinski definition) is 1. The number of aryl methyl sites for hydroxylation is 2. The Hall–Kier alpha value is -2.23. The Morgan fingerprint density at radius 1 is 1.17 bits per heavy atom. The first kappa shape index (κ1) is 16.6. The van der Waals surface area contributed by atoms with E-state index < -0.39 is 10.0 Å². The minimum atomic E-state index is -3.79. The number of rotatable bonds is 5. The molecule has 126 valence electrons. The zero-order chi connectivity index (χ0) is 17.3. The van der Waals surface area contributed by atoms with Gasteiger partial charge in [-0.2, -0.15) is 0 Å². The predicted molar refractivity (Wildman–Crippen MR) is 84.7 cm³/mol. The third-order valence-electron chi connectivity index (χ3n) is 3.21. The van der Waals surface area contributed by atoms with E-state index in [-0.39, 0.29) is 34.7 Å². The van der Waals surface area contributed by atoms with Crippen molar-refractivity contribution in [1.82, 2.24) is 20.1 Å². The van der Waals surface area contributed by atoms with E-state index in [0.29, 0.717) is 10.6 Å². The van der Waals surface area contributed by atoms with Gasteiger partial charge in [-0.05, 0) is 38.1 Å². The van der Waals surface area contributed by atoms with Gasteiger partial charge in [-0.1, -0.05) is 16.8 Å². The Bertz CT molecular complexity index is 944. The van der Waals surface area contributed by atoms with Gasteiger partial charge in [-0.25, -0.2) is 13.1 Å². The highest BCUT2D eigenvalue weighted by Gasteiger charge is 2.24. The van der Waals surface area contributed by atoms with Gasteiger partial charge in [-0.15, -0.1) is 10.2 Å². The summed E-state index contributed by atoms with van der Waals surface area (Å²) >= 11 is 5.82. The first-order chi connectivity index (χ1) is 11.4. The summed E-state index contributed by atoms with van der Waals surface area (Å²) in [5.74, 6) is 0.626. The number of halogens is 1. The average molecular weight is 369 g/mol. The molecule has 2 aromatic heterocycles. The van der Waals surface area contributed by atoms with Crippen molar-refractivity contribution in [2.75, 3.05) is 0 Å². The highest BCUT2D eigenvalue weighted by molar-refractivity contribution is 7.89. The molecule has 0 aliphatic heterocycles. The maximum absolute atomic E-state index is 12.3. The predicted octanol–water partition coefficient (Wildman–Crippen LogP) is 2.47. The summed E-state index contributed by atoms with van der Waals surface area (Å²) < 4.78 is 37.3. The topological polar surface area (TPSA) is 111 Å². The van der Waals surface area contributed by atoms with E-state index in [0.717, 1.165) is 0 Å². The molecule has 2 heterocycles. The van der Waals surface area contributed by atoms with Crippen LogP contribution in [0, 0.1) is 13.8 Å². The second-order valence-electron chi connectivity index (χ2n) is 4.99. The van der Waals surface area contributed by atoms with Crippen LogP contribution in [-0.2, 0) is 16.6 Å². The molecule has 0 bridgehead atoms. The first-order valence-corrected chi connectivity index (χ1v) is 8.74. The molecule has 8 nitrogen and oxygen atoms in total. The number of nitrogens with zero attached hydrogens (tertiary/aromatic N) is 3. The molecule has 1 N–H and O–H groups in total. The van der Waals surface area contributed by atoms with Gasteiger partial charge in [0.25, 0.3) is 0 Å². The van der Waals surface area contributed by atoms with Gasteiger partial charge < -0.3 is 8.94 Å². The third kappa shape index (κ3) is 3.32. The van der Waals surface area contributed by atoms with E-state index in [1.807, 2.05) is 0 Å². The second-order valence-corrected chi connectivity index (χ2v) is 7.13. The monoisotopic (exact) mass is 368 g/mol. The fraction of sp³-hybridized carbons (Fsp3) is 0.214. The van der Waals surface area contributed by atoms with Crippen LogP contribution in [0.5, 0.6) is 0 Å². The number of nitrogens with one attached hydrogen (secondary N) is 1. The van der Waals surface area contributed by atoms with Crippen molar-refractivity contribution in [3.63, 3.8) is 0 Å². The van der Waals surface area contributed by atoms with E-state index in [1.165, 1.54) is 6.92 Å². The van der Waals surface area contributed by atoms with Crippen LogP contribution < -0.4 is 4.72 Å². The van der Waals surface area contributed by atoms with Gasteiger partial charge in [0.2, 0.25) is 21.8 Å². The largest absolute Gasteiger partial charge is 0.419 e. The van der Waals surface area contributed by atoms with Gasteiger partial charge in [0, 0.05) is 10.6 Å². The summed E-state index contributed by atoms with van der Waals surface area (Å²) in [5.41, 5.74) is 0.971. The molecule has 3 rings (SSSR count). The summed E-state index contributed by atoms with van der Waals surface area (Å²) in [6.45, 7) is 2.93. The fourth-order valence-corrected chi connectivity index (χ4v) is 3.55. The molecule has 10 heteroatoms. The van der Waals surface area contributed by atoms with E-state index in [1.54, 1.807) is 31.2 Å². The van der Waals surface area contributed by atoms with Crippen molar-refractivity contribution in [2.45, 2.75) is 25.3 Å². The van der Waals surface area contributed by atoms with Crippen molar-refractivity contribution >= 4 is 21.6 Å². The first-order valence-electron chi connectivity index (χ1n) is 6.87. The van der Waals surface area contributed by atoms with Gasteiger partial charge in [-0.3, -0.25) is 0 Å². The summed E-state index contributed by atoms with van der Waals surface area (Å²) in [5, 5.41) is 11.9.